The number of sulfonamides is 1. The summed E-state index contributed by atoms with van der Waals surface area (Å²) in [5.74, 6) is 0.576. The molecular formula is C12H14BrN3O3S. The number of ether oxygens (including phenoxy) is 1. The number of aromatic amines is 1. The summed E-state index contributed by atoms with van der Waals surface area (Å²) in [6, 6.07) is 4.22. The number of hydrogen-bond donors (Lipinski definition) is 2. The van der Waals surface area contributed by atoms with Crippen molar-refractivity contribution in [2.75, 3.05) is 7.11 Å². The number of hydrogen-bond acceptors (Lipinski definition) is 4. The molecule has 108 valence electrons. The average Bonchev–Trinajstić information content (AvgIpc) is 2.92. The third kappa shape index (κ3) is 3.20. The highest BCUT2D eigenvalue weighted by molar-refractivity contribution is 9.10. The standard InChI is InChI=1S/C12H14BrN3O3S/c1-8(9-6-14-15-7-9)16-20(17,18)10-3-4-12(19-2)11(13)5-10/h3-8,16H,1-2H3,(H,14,15). The van der Waals surface area contributed by atoms with Crippen molar-refractivity contribution >= 4 is 26.0 Å². The molecule has 0 aliphatic carbocycles. The number of nitrogens with one attached hydrogen (secondary N) is 2. The largest absolute Gasteiger partial charge is 0.496 e. The van der Waals surface area contributed by atoms with Gasteiger partial charge in [0.15, 0.2) is 0 Å². The molecule has 1 aromatic carbocycles. The molecule has 1 unspecified atom stereocenters. The lowest BCUT2D eigenvalue weighted by Crippen LogP contribution is -2.26. The normalized spacial score (nSPS) is 13.2. The second-order valence-electron chi connectivity index (χ2n) is 4.17. The zero-order valence-corrected chi connectivity index (χ0v) is 13.3. The van der Waals surface area contributed by atoms with Crippen LogP contribution < -0.4 is 9.46 Å². The van der Waals surface area contributed by atoms with Gasteiger partial charge in [0.1, 0.15) is 5.75 Å². The molecule has 2 rings (SSSR count). The van der Waals surface area contributed by atoms with Gasteiger partial charge in [-0.05, 0) is 41.1 Å². The first-order valence-corrected chi connectivity index (χ1v) is 8.06. The maximum atomic E-state index is 12.3. The monoisotopic (exact) mass is 359 g/mol. The lowest BCUT2D eigenvalue weighted by atomic mass is 10.2. The Morgan fingerprint density at radius 1 is 1.45 bits per heavy atom. The van der Waals surface area contributed by atoms with Gasteiger partial charge >= 0.3 is 0 Å². The molecule has 0 spiro atoms. The summed E-state index contributed by atoms with van der Waals surface area (Å²) in [5, 5.41) is 6.45. The van der Waals surface area contributed by atoms with Crippen molar-refractivity contribution < 1.29 is 13.2 Å². The van der Waals surface area contributed by atoms with Gasteiger partial charge in [-0.3, -0.25) is 5.10 Å². The van der Waals surface area contributed by atoms with Crippen molar-refractivity contribution in [1.29, 1.82) is 0 Å². The SMILES string of the molecule is COc1ccc(S(=O)(=O)NC(C)c2cn[nH]c2)cc1Br. The minimum Gasteiger partial charge on any atom is -0.496 e. The van der Waals surface area contributed by atoms with Gasteiger partial charge in [-0.1, -0.05) is 0 Å². The zero-order valence-electron chi connectivity index (χ0n) is 10.9. The first-order chi connectivity index (χ1) is 9.44. The summed E-state index contributed by atoms with van der Waals surface area (Å²) >= 11 is 3.27. The van der Waals surface area contributed by atoms with E-state index in [-0.39, 0.29) is 10.9 Å². The molecule has 0 fully saturated rings. The van der Waals surface area contributed by atoms with Crippen molar-refractivity contribution in [3.8, 4) is 5.75 Å². The number of aromatic nitrogens is 2. The number of H-pyrrole nitrogens is 1. The van der Waals surface area contributed by atoms with E-state index in [1.807, 2.05) is 0 Å². The predicted octanol–water partition coefficient (Wildman–Crippen LogP) is 2.22. The number of methoxy groups -OCH3 is 1. The molecule has 20 heavy (non-hydrogen) atoms. The molecule has 2 aromatic rings. The van der Waals surface area contributed by atoms with E-state index in [2.05, 4.69) is 30.8 Å². The maximum absolute atomic E-state index is 12.3. The molecule has 6 nitrogen and oxygen atoms in total. The quantitative estimate of drug-likeness (QED) is 0.857. The van der Waals surface area contributed by atoms with E-state index in [0.29, 0.717) is 10.2 Å². The van der Waals surface area contributed by atoms with Gasteiger partial charge in [0.25, 0.3) is 0 Å². The Labute approximate surface area is 125 Å². The van der Waals surface area contributed by atoms with Crippen LogP contribution in [0.25, 0.3) is 0 Å². The van der Waals surface area contributed by atoms with Crippen LogP contribution >= 0.6 is 15.9 Å². The first-order valence-electron chi connectivity index (χ1n) is 5.78. The Kier molecular flexibility index (Phi) is 4.46. The maximum Gasteiger partial charge on any atom is 0.241 e. The highest BCUT2D eigenvalue weighted by Crippen LogP contribution is 2.28. The van der Waals surface area contributed by atoms with Crippen LogP contribution in [0.3, 0.4) is 0 Å². The Bertz CT molecular complexity index is 686. The number of halogens is 1. The molecule has 8 heteroatoms. The Morgan fingerprint density at radius 2 is 2.20 bits per heavy atom. The molecule has 2 N–H and O–H groups in total. The van der Waals surface area contributed by atoms with Crippen molar-refractivity contribution in [2.45, 2.75) is 17.9 Å². The van der Waals surface area contributed by atoms with Gasteiger partial charge in [-0.15, -0.1) is 0 Å². The number of benzene rings is 1. The van der Waals surface area contributed by atoms with Crippen LogP contribution in [0.15, 0.2) is 40.0 Å². The third-order valence-electron chi connectivity index (χ3n) is 2.78. The Hall–Kier alpha value is -1.38. The minimum atomic E-state index is -3.61. The van der Waals surface area contributed by atoms with Crippen LogP contribution in [-0.2, 0) is 10.0 Å². The second kappa shape index (κ2) is 5.94. The van der Waals surface area contributed by atoms with Gasteiger partial charge in [0.05, 0.1) is 22.7 Å². The Morgan fingerprint density at radius 3 is 2.75 bits per heavy atom. The average molecular weight is 360 g/mol. The predicted molar refractivity (Wildman–Crippen MR) is 78.0 cm³/mol. The molecule has 0 bridgehead atoms. The molecular weight excluding hydrogens is 346 g/mol. The molecule has 1 aromatic heterocycles. The molecule has 1 atom stereocenters. The van der Waals surface area contributed by atoms with E-state index in [0.717, 1.165) is 5.56 Å². The fourth-order valence-electron chi connectivity index (χ4n) is 1.68. The fraction of sp³-hybridized carbons (Fsp3) is 0.250. The van der Waals surface area contributed by atoms with Crippen LogP contribution in [0.1, 0.15) is 18.5 Å². The molecule has 0 amide bonds. The summed E-state index contributed by atoms with van der Waals surface area (Å²) in [6.45, 7) is 1.75. The zero-order chi connectivity index (χ0) is 14.8. The third-order valence-corrected chi connectivity index (χ3v) is 4.94. The second-order valence-corrected chi connectivity index (χ2v) is 6.74. The summed E-state index contributed by atoms with van der Waals surface area (Å²) in [7, 11) is -2.09. The molecule has 1 heterocycles. The van der Waals surface area contributed by atoms with E-state index in [1.54, 1.807) is 25.4 Å². The molecule has 0 saturated heterocycles. The van der Waals surface area contributed by atoms with E-state index >= 15 is 0 Å². The summed E-state index contributed by atoms with van der Waals surface area (Å²) < 4.78 is 32.8. The number of nitrogens with zero attached hydrogens (tertiary/aromatic N) is 1. The molecule has 0 saturated carbocycles. The van der Waals surface area contributed by atoms with Crippen LogP contribution in [0.2, 0.25) is 0 Å². The lowest BCUT2D eigenvalue weighted by Gasteiger charge is -2.13. The van der Waals surface area contributed by atoms with E-state index in [1.165, 1.54) is 19.2 Å². The van der Waals surface area contributed by atoms with E-state index < -0.39 is 10.0 Å². The summed E-state index contributed by atoms with van der Waals surface area (Å²) in [5.41, 5.74) is 0.765. The van der Waals surface area contributed by atoms with Crippen molar-refractivity contribution in [1.82, 2.24) is 14.9 Å². The van der Waals surface area contributed by atoms with Crippen LogP contribution in [0.4, 0.5) is 0 Å². The van der Waals surface area contributed by atoms with E-state index in [4.69, 9.17) is 4.74 Å². The lowest BCUT2D eigenvalue weighted by molar-refractivity contribution is 0.411. The smallest absolute Gasteiger partial charge is 0.241 e. The minimum absolute atomic E-state index is 0.167. The molecule has 0 radical (unpaired) electrons. The van der Waals surface area contributed by atoms with Gasteiger partial charge in [-0.25, -0.2) is 13.1 Å². The highest BCUT2D eigenvalue weighted by atomic mass is 79.9. The topological polar surface area (TPSA) is 84.1 Å². The summed E-state index contributed by atoms with van der Waals surface area (Å²) in [4.78, 5) is 0.167. The number of rotatable bonds is 5. The molecule has 0 aliphatic heterocycles. The van der Waals surface area contributed by atoms with Gasteiger partial charge in [0, 0.05) is 17.8 Å². The fourth-order valence-corrected chi connectivity index (χ4v) is 3.63. The van der Waals surface area contributed by atoms with Crippen LogP contribution in [0, 0.1) is 0 Å². The first kappa shape index (κ1) is 15.0. The van der Waals surface area contributed by atoms with Gasteiger partial charge in [0.2, 0.25) is 10.0 Å². The highest BCUT2D eigenvalue weighted by Gasteiger charge is 2.20. The van der Waals surface area contributed by atoms with Crippen LogP contribution in [0.5, 0.6) is 5.75 Å². The van der Waals surface area contributed by atoms with Crippen molar-refractivity contribution in [2.24, 2.45) is 0 Å². The van der Waals surface area contributed by atoms with Gasteiger partial charge in [-0.2, -0.15) is 5.10 Å². The summed E-state index contributed by atoms with van der Waals surface area (Å²) in [6.07, 6.45) is 3.23. The van der Waals surface area contributed by atoms with E-state index in [9.17, 15) is 8.42 Å². The van der Waals surface area contributed by atoms with Gasteiger partial charge < -0.3 is 4.74 Å². The van der Waals surface area contributed by atoms with Crippen LogP contribution in [-0.4, -0.2) is 25.7 Å². The molecule has 0 aliphatic rings. The van der Waals surface area contributed by atoms with Crippen molar-refractivity contribution in [3.63, 3.8) is 0 Å². The van der Waals surface area contributed by atoms with Crippen molar-refractivity contribution in [3.05, 3.63) is 40.6 Å². The Balaban J connectivity index is 2.24.